The van der Waals surface area contributed by atoms with Gasteiger partial charge < -0.3 is 13.3 Å². The van der Waals surface area contributed by atoms with Crippen LogP contribution >= 0.6 is 11.8 Å². The van der Waals surface area contributed by atoms with E-state index in [2.05, 4.69) is 6.92 Å². The van der Waals surface area contributed by atoms with Crippen molar-refractivity contribution in [1.29, 1.82) is 0 Å². The van der Waals surface area contributed by atoms with Crippen LogP contribution in [0.1, 0.15) is 71.1 Å². The average Bonchev–Trinajstić information content (AvgIpc) is 2.58. The molecule has 0 bridgehead atoms. The largest absolute Gasteiger partial charge is 0.500 e. The number of carbonyl (C=O) groups excluding carboxylic acids is 1. The first-order chi connectivity index (χ1) is 11.1. The van der Waals surface area contributed by atoms with Crippen LogP contribution in [0.2, 0.25) is 6.04 Å². The molecule has 0 aromatic rings. The summed E-state index contributed by atoms with van der Waals surface area (Å²) in [6.07, 6.45) is 11.8. The summed E-state index contributed by atoms with van der Waals surface area (Å²) in [5.41, 5.74) is 0. The molecule has 23 heavy (non-hydrogen) atoms. The third-order valence-corrected chi connectivity index (χ3v) is 7.91. The first-order valence-corrected chi connectivity index (χ1v) is 11.9. The van der Waals surface area contributed by atoms with Crippen LogP contribution in [0.4, 0.5) is 0 Å². The monoisotopic (exact) mass is 364 g/mol. The third kappa shape index (κ3) is 12.2. The Labute approximate surface area is 148 Å². The molecule has 0 heterocycles. The van der Waals surface area contributed by atoms with E-state index in [-0.39, 0.29) is 0 Å². The SMILES string of the molecule is CCCCCCCCCCC(=O)SCCC[Si](OC)(OC)OC. The first kappa shape index (κ1) is 23.1. The quantitative estimate of drug-likeness (QED) is 0.283. The molecule has 6 heteroatoms. The summed E-state index contributed by atoms with van der Waals surface area (Å²) in [7, 11) is 2.41. The number of hydrogen-bond acceptors (Lipinski definition) is 5. The molecule has 0 saturated carbocycles. The highest BCUT2D eigenvalue weighted by Crippen LogP contribution is 2.19. The molecule has 0 aliphatic heterocycles. The molecule has 0 amide bonds. The zero-order valence-corrected chi connectivity index (χ0v) is 17.3. The Morgan fingerprint density at radius 1 is 0.826 bits per heavy atom. The van der Waals surface area contributed by atoms with Gasteiger partial charge in [-0.2, -0.15) is 0 Å². The molecular formula is C17H36O4SSi. The molecule has 4 nitrogen and oxygen atoms in total. The number of hydrogen-bond donors (Lipinski definition) is 0. The minimum absolute atomic E-state index is 0.315. The number of thioether (sulfide) groups is 1. The van der Waals surface area contributed by atoms with Crippen molar-refractivity contribution in [1.82, 2.24) is 0 Å². The number of unbranched alkanes of at least 4 members (excludes halogenated alkanes) is 7. The van der Waals surface area contributed by atoms with Crippen molar-refractivity contribution in [3.63, 3.8) is 0 Å². The van der Waals surface area contributed by atoms with E-state index in [1.54, 1.807) is 21.3 Å². The molecule has 0 radical (unpaired) electrons. The van der Waals surface area contributed by atoms with Gasteiger partial charge in [0.05, 0.1) is 0 Å². The van der Waals surface area contributed by atoms with Crippen molar-refractivity contribution in [3.05, 3.63) is 0 Å². The maximum atomic E-state index is 11.8. The van der Waals surface area contributed by atoms with Crippen LogP contribution in [0.25, 0.3) is 0 Å². The van der Waals surface area contributed by atoms with Gasteiger partial charge in [0.15, 0.2) is 5.12 Å². The fraction of sp³-hybridized carbons (Fsp3) is 0.941. The second-order valence-corrected chi connectivity index (χ2v) is 10.1. The Morgan fingerprint density at radius 2 is 1.35 bits per heavy atom. The summed E-state index contributed by atoms with van der Waals surface area (Å²) in [5, 5.41) is 0.315. The maximum Gasteiger partial charge on any atom is 0.500 e. The molecule has 0 spiro atoms. The van der Waals surface area contributed by atoms with Crippen LogP contribution in [-0.4, -0.2) is 41.0 Å². The second kappa shape index (κ2) is 15.6. The molecule has 0 saturated heterocycles. The molecular weight excluding hydrogens is 328 g/mol. The predicted octanol–water partition coefficient (Wildman–Crippen LogP) is 5.05. The van der Waals surface area contributed by atoms with Gasteiger partial charge in [0, 0.05) is 39.5 Å². The Morgan fingerprint density at radius 3 is 1.87 bits per heavy atom. The van der Waals surface area contributed by atoms with E-state index >= 15 is 0 Å². The maximum absolute atomic E-state index is 11.8. The highest BCUT2D eigenvalue weighted by molar-refractivity contribution is 8.13. The van der Waals surface area contributed by atoms with Gasteiger partial charge in [-0.25, -0.2) is 0 Å². The van der Waals surface area contributed by atoms with Crippen LogP contribution < -0.4 is 0 Å². The van der Waals surface area contributed by atoms with Crippen LogP contribution in [0.15, 0.2) is 0 Å². The van der Waals surface area contributed by atoms with E-state index < -0.39 is 8.80 Å². The topological polar surface area (TPSA) is 44.8 Å². The minimum Gasteiger partial charge on any atom is -0.377 e. The number of rotatable bonds is 16. The zero-order chi connectivity index (χ0) is 17.4. The van der Waals surface area contributed by atoms with Gasteiger partial charge >= 0.3 is 8.80 Å². The van der Waals surface area contributed by atoms with Crippen molar-refractivity contribution in [2.24, 2.45) is 0 Å². The highest BCUT2D eigenvalue weighted by atomic mass is 32.2. The summed E-state index contributed by atoms with van der Waals surface area (Å²) in [6, 6.07) is 0.758. The van der Waals surface area contributed by atoms with Crippen molar-refractivity contribution in [3.8, 4) is 0 Å². The normalized spacial score (nSPS) is 11.8. The van der Waals surface area contributed by atoms with E-state index in [1.165, 1.54) is 56.7 Å². The summed E-state index contributed by atoms with van der Waals surface area (Å²) in [5.74, 6) is 0.820. The van der Waals surface area contributed by atoms with Gasteiger partial charge in [-0.1, -0.05) is 63.6 Å². The second-order valence-electron chi connectivity index (χ2n) is 5.84. The van der Waals surface area contributed by atoms with Crippen molar-refractivity contribution in [2.75, 3.05) is 27.1 Å². The van der Waals surface area contributed by atoms with Crippen LogP contribution in [0, 0.1) is 0 Å². The highest BCUT2D eigenvalue weighted by Gasteiger charge is 2.36. The molecule has 0 N–H and O–H groups in total. The summed E-state index contributed by atoms with van der Waals surface area (Å²) >= 11 is 1.44. The lowest BCUT2D eigenvalue weighted by molar-refractivity contribution is -0.111. The van der Waals surface area contributed by atoms with E-state index in [4.69, 9.17) is 13.3 Å². The lowest BCUT2D eigenvalue weighted by Gasteiger charge is -2.23. The molecule has 0 fully saturated rings. The van der Waals surface area contributed by atoms with Gasteiger partial charge in [0.1, 0.15) is 0 Å². The molecule has 0 atom stereocenters. The summed E-state index contributed by atoms with van der Waals surface area (Å²) < 4.78 is 16.1. The third-order valence-electron chi connectivity index (χ3n) is 4.06. The number of carbonyl (C=O) groups is 1. The van der Waals surface area contributed by atoms with E-state index in [9.17, 15) is 4.79 Å². The molecule has 0 unspecified atom stereocenters. The lowest BCUT2D eigenvalue weighted by atomic mass is 10.1. The van der Waals surface area contributed by atoms with Gasteiger partial charge in [0.25, 0.3) is 0 Å². The fourth-order valence-corrected chi connectivity index (χ4v) is 5.29. The lowest BCUT2D eigenvalue weighted by Crippen LogP contribution is -2.42. The Hall–Kier alpha value is 0.117. The van der Waals surface area contributed by atoms with E-state index in [0.717, 1.165) is 24.6 Å². The molecule has 0 rings (SSSR count). The van der Waals surface area contributed by atoms with Gasteiger partial charge in [-0.15, -0.1) is 0 Å². The van der Waals surface area contributed by atoms with Crippen LogP contribution in [0.3, 0.4) is 0 Å². The average molecular weight is 365 g/mol. The zero-order valence-electron chi connectivity index (χ0n) is 15.5. The van der Waals surface area contributed by atoms with Crippen LogP contribution in [0.5, 0.6) is 0 Å². The minimum atomic E-state index is -2.46. The van der Waals surface area contributed by atoms with Gasteiger partial charge in [-0.05, 0) is 12.8 Å². The molecule has 0 aliphatic carbocycles. The smallest absolute Gasteiger partial charge is 0.377 e. The van der Waals surface area contributed by atoms with Crippen molar-refractivity contribution >= 4 is 25.7 Å². The summed E-state index contributed by atoms with van der Waals surface area (Å²) in [4.78, 5) is 11.8. The Kier molecular flexibility index (Phi) is 15.7. The first-order valence-electron chi connectivity index (χ1n) is 8.95. The van der Waals surface area contributed by atoms with E-state index in [0.29, 0.717) is 11.5 Å². The van der Waals surface area contributed by atoms with Crippen molar-refractivity contribution < 1.29 is 18.1 Å². The Balaban J connectivity index is 3.50. The summed E-state index contributed by atoms with van der Waals surface area (Å²) in [6.45, 7) is 2.24. The van der Waals surface area contributed by atoms with Crippen LogP contribution in [-0.2, 0) is 18.1 Å². The standard InChI is InChI=1S/C17H36O4SSi/c1-5-6-7-8-9-10-11-12-14-17(18)22-15-13-16-23(19-2,20-3)21-4/h5-16H2,1-4H3. The van der Waals surface area contributed by atoms with Gasteiger partial charge in [-0.3, -0.25) is 4.79 Å². The molecule has 0 aromatic heterocycles. The van der Waals surface area contributed by atoms with Crippen molar-refractivity contribution in [2.45, 2.75) is 77.2 Å². The molecule has 0 aliphatic rings. The Bertz CT molecular complexity index is 278. The molecule has 0 aromatic carbocycles. The van der Waals surface area contributed by atoms with Gasteiger partial charge in [0.2, 0.25) is 0 Å². The molecule has 138 valence electrons. The fourth-order valence-electron chi connectivity index (χ4n) is 2.51. The predicted molar refractivity (Wildman–Crippen MR) is 101 cm³/mol. The van der Waals surface area contributed by atoms with E-state index in [1.807, 2.05) is 0 Å².